The lowest BCUT2D eigenvalue weighted by Crippen LogP contribution is -2.22. The third kappa shape index (κ3) is 3.09. The molecule has 0 radical (unpaired) electrons. The molecule has 0 aliphatic heterocycles. The minimum Gasteiger partial charge on any atom is -0.393 e. The molecule has 1 saturated carbocycles. The second-order valence-electron chi connectivity index (χ2n) is 5.19. The van der Waals surface area contributed by atoms with Gasteiger partial charge in [0.1, 0.15) is 0 Å². The Morgan fingerprint density at radius 1 is 1.41 bits per heavy atom. The number of aromatic nitrogens is 2. The van der Waals surface area contributed by atoms with E-state index in [-0.39, 0.29) is 6.10 Å². The van der Waals surface area contributed by atoms with Crippen molar-refractivity contribution < 1.29 is 5.11 Å². The molecule has 3 heteroatoms. The van der Waals surface area contributed by atoms with E-state index in [4.69, 9.17) is 0 Å². The fourth-order valence-corrected chi connectivity index (χ4v) is 2.87. The lowest BCUT2D eigenvalue weighted by molar-refractivity contribution is 0.100. The quantitative estimate of drug-likeness (QED) is 0.872. The molecule has 3 nitrogen and oxygen atoms in total. The summed E-state index contributed by atoms with van der Waals surface area (Å²) in [5.41, 5.74) is 2.54. The van der Waals surface area contributed by atoms with Gasteiger partial charge in [0.15, 0.2) is 0 Å². The molecule has 1 fully saturated rings. The molecule has 0 bridgehead atoms. The van der Waals surface area contributed by atoms with Crippen molar-refractivity contribution in [1.29, 1.82) is 0 Å². The molecule has 0 spiro atoms. The molecule has 0 aromatic carbocycles. The number of aliphatic hydroxyl groups is 1. The van der Waals surface area contributed by atoms with E-state index < -0.39 is 0 Å². The second kappa shape index (κ2) is 5.67. The summed E-state index contributed by atoms with van der Waals surface area (Å²) in [6.45, 7) is 5.24. The van der Waals surface area contributed by atoms with Gasteiger partial charge in [0.05, 0.1) is 11.8 Å². The highest BCUT2D eigenvalue weighted by atomic mass is 16.3. The SMILES string of the molecule is CCc1cc(CC2CCCC(O)C2)n(CC)n1. The van der Waals surface area contributed by atoms with Crippen molar-refractivity contribution in [3.8, 4) is 0 Å². The highest BCUT2D eigenvalue weighted by Crippen LogP contribution is 2.27. The predicted molar refractivity (Wildman–Crippen MR) is 68.9 cm³/mol. The maximum absolute atomic E-state index is 9.71. The van der Waals surface area contributed by atoms with Crippen molar-refractivity contribution in [2.45, 2.75) is 65.0 Å². The van der Waals surface area contributed by atoms with Gasteiger partial charge in [-0.3, -0.25) is 4.68 Å². The van der Waals surface area contributed by atoms with Crippen LogP contribution in [0.4, 0.5) is 0 Å². The molecule has 2 atom stereocenters. The molecule has 1 aliphatic carbocycles. The zero-order valence-electron chi connectivity index (χ0n) is 11.0. The summed E-state index contributed by atoms with van der Waals surface area (Å²) in [5, 5.41) is 14.3. The van der Waals surface area contributed by atoms with E-state index in [1.54, 1.807) is 0 Å². The fourth-order valence-electron chi connectivity index (χ4n) is 2.87. The summed E-state index contributed by atoms with van der Waals surface area (Å²) < 4.78 is 2.12. The number of nitrogens with zero attached hydrogens (tertiary/aromatic N) is 2. The van der Waals surface area contributed by atoms with Crippen molar-refractivity contribution in [2.24, 2.45) is 5.92 Å². The standard InChI is InChI=1S/C14H24N2O/c1-3-12-10-13(16(4-2)15-12)8-11-6-5-7-14(17)9-11/h10-11,14,17H,3-9H2,1-2H3. The molecular weight excluding hydrogens is 212 g/mol. The van der Waals surface area contributed by atoms with Gasteiger partial charge in [-0.05, 0) is 51.0 Å². The number of hydrogen-bond acceptors (Lipinski definition) is 2. The molecule has 1 aromatic rings. The van der Waals surface area contributed by atoms with Gasteiger partial charge in [-0.1, -0.05) is 13.3 Å². The molecule has 0 amide bonds. The van der Waals surface area contributed by atoms with Crippen LogP contribution < -0.4 is 0 Å². The van der Waals surface area contributed by atoms with E-state index in [0.717, 1.165) is 32.2 Å². The van der Waals surface area contributed by atoms with E-state index in [1.165, 1.54) is 24.2 Å². The monoisotopic (exact) mass is 236 g/mol. The molecule has 1 N–H and O–H groups in total. The lowest BCUT2D eigenvalue weighted by Gasteiger charge is -2.25. The average Bonchev–Trinajstić information content (AvgIpc) is 2.71. The average molecular weight is 236 g/mol. The van der Waals surface area contributed by atoms with Gasteiger partial charge in [-0.25, -0.2) is 0 Å². The van der Waals surface area contributed by atoms with Crippen LogP contribution in [0.2, 0.25) is 0 Å². The Morgan fingerprint density at radius 3 is 2.88 bits per heavy atom. The molecule has 2 unspecified atom stereocenters. The predicted octanol–water partition coefficient (Wildman–Crippen LogP) is 2.56. The Hall–Kier alpha value is -0.830. The first-order valence-electron chi connectivity index (χ1n) is 6.96. The Bertz CT molecular complexity index is 359. The molecule has 17 heavy (non-hydrogen) atoms. The molecular formula is C14H24N2O. The minimum atomic E-state index is -0.0719. The van der Waals surface area contributed by atoms with E-state index in [0.29, 0.717) is 5.92 Å². The van der Waals surface area contributed by atoms with Gasteiger partial charge in [0.2, 0.25) is 0 Å². The molecule has 1 aliphatic rings. The van der Waals surface area contributed by atoms with Gasteiger partial charge < -0.3 is 5.11 Å². The summed E-state index contributed by atoms with van der Waals surface area (Å²) in [5.74, 6) is 0.644. The van der Waals surface area contributed by atoms with E-state index in [9.17, 15) is 5.11 Å². The maximum Gasteiger partial charge on any atom is 0.0624 e. The fraction of sp³-hybridized carbons (Fsp3) is 0.786. The third-order valence-corrected chi connectivity index (χ3v) is 3.83. The van der Waals surface area contributed by atoms with E-state index in [2.05, 4.69) is 29.7 Å². The van der Waals surface area contributed by atoms with Crippen LogP contribution in [0, 0.1) is 5.92 Å². The van der Waals surface area contributed by atoms with Gasteiger partial charge in [0, 0.05) is 12.2 Å². The smallest absolute Gasteiger partial charge is 0.0624 e. The minimum absolute atomic E-state index is 0.0719. The Labute approximate surface area is 104 Å². The van der Waals surface area contributed by atoms with Crippen LogP contribution in [0.5, 0.6) is 0 Å². The van der Waals surface area contributed by atoms with Crippen LogP contribution in [0.1, 0.15) is 50.9 Å². The summed E-state index contributed by atoms with van der Waals surface area (Å²) in [6, 6.07) is 2.24. The molecule has 96 valence electrons. The number of hydrogen-bond donors (Lipinski definition) is 1. The van der Waals surface area contributed by atoms with Crippen molar-refractivity contribution >= 4 is 0 Å². The van der Waals surface area contributed by atoms with Gasteiger partial charge >= 0.3 is 0 Å². The number of rotatable bonds is 4. The van der Waals surface area contributed by atoms with Crippen molar-refractivity contribution in [1.82, 2.24) is 9.78 Å². The van der Waals surface area contributed by atoms with Crippen LogP contribution in [-0.4, -0.2) is 21.0 Å². The molecule has 2 rings (SSSR count). The van der Waals surface area contributed by atoms with Gasteiger partial charge in [0.25, 0.3) is 0 Å². The third-order valence-electron chi connectivity index (χ3n) is 3.83. The number of aliphatic hydroxyl groups excluding tert-OH is 1. The topological polar surface area (TPSA) is 38.0 Å². The molecule has 1 heterocycles. The summed E-state index contributed by atoms with van der Waals surface area (Å²) in [4.78, 5) is 0. The zero-order valence-corrected chi connectivity index (χ0v) is 11.0. The second-order valence-corrected chi connectivity index (χ2v) is 5.19. The summed E-state index contributed by atoms with van der Waals surface area (Å²) in [6.07, 6.45) is 6.41. The Balaban J connectivity index is 2.03. The van der Waals surface area contributed by atoms with Crippen molar-refractivity contribution in [3.05, 3.63) is 17.5 Å². The van der Waals surface area contributed by atoms with E-state index >= 15 is 0 Å². The van der Waals surface area contributed by atoms with E-state index in [1.807, 2.05) is 0 Å². The molecule has 0 saturated heterocycles. The Kier molecular flexibility index (Phi) is 4.21. The highest BCUT2D eigenvalue weighted by molar-refractivity contribution is 5.11. The largest absolute Gasteiger partial charge is 0.393 e. The van der Waals surface area contributed by atoms with Crippen molar-refractivity contribution in [3.63, 3.8) is 0 Å². The lowest BCUT2D eigenvalue weighted by atomic mass is 9.84. The van der Waals surface area contributed by atoms with Crippen LogP contribution in [0.3, 0.4) is 0 Å². The van der Waals surface area contributed by atoms with Crippen molar-refractivity contribution in [2.75, 3.05) is 0 Å². The molecule has 1 aromatic heterocycles. The normalized spacial score (nSPS) is 25.1. The van der Waals surface area contributed by atoms with Gasteiger partial charge in [-0.15, -0.1) is 0 Å². The first-order valence-corrected chi connectivity index (χ1v) is 6.96. The number of aryl methyl sites for hydroxylation is 2. The highest BCUT2D eigenvalue weighted by Gasteiger charge is 2.21. The van der Waals surface area contributed by atoms with Crippen LogP contribution >= 0.6 is 0 Å². The van der Waals surface area contributed by atoms with Crippen LogP contribution in [0.15, 0.2) is 6.07 Å². The first kappa shape index (κ1) is 12.6. The zero-order chi connectivity index (χ0) is 12.3. The summed E-state index contributed by atoms with van der Waals surface area (Å²) >= 11 is 0. The van der Waals surface area contributed by atoms with Crippen LogP contribution in [-0.2, 0) is 19.4 Å². The Morgan fingerprint density at radius 2 is 2.24 bits per heavy atom. The van der Waals surface area contributed by atoms with Crippen LogP contribution in [0.25, 0.3) is 0 Å². The maximum atomic E-state index is 9.71. The first-order chi connectivity index (χ1) is 8.22. The summed E-state index contributed by atoms with van der Waals surface area (Å²) in [7, 11) is 0. The van der Waals surface area contributed by atoms with Gasteiger partial charge in [-0.2, -0.15) is 5.10 Å².